The number of carbonyl (C=O) groups is 2. The third-order valence-corrected chi connectivity index (χ3v) is 4.44. The predicted molar refractivity (Wildman–Crippen MR) is 70.2 cm³/mol. The van der Waals surface area contributed by atoms with Crippen LogP contribution in [0.4, 0.5) is 0 Å². The number of hydrogen-bond acceptors (Lipinski definition) is 3. The minimum Gasteiger partial charge on any atom is -0.332 e. The van der Waals surface area contributed by atoms with Gasteiger partial charge in [-0.05, 0) is 38.6 Å². The van der Waals surface area contributed by atoms with Crippen molar-refractivity contribution in [1.29, 1.82) is 0 Å². The van der Waals surface area contributed by atoms with Crippen molar-refractivity contribution in [3.63, 3.8) is 0 Å². The SMILES string of the molecule is CN[C@H](C(=O)N1CCC[C@H]1C=O)C1CCCCC1. The lowest BCUT2D eigenvalue weighted by Gasteiger charge is -2.33. The van der Waals surface area contributed by atoms with Crippen LogP contribution in [0.25, 0.3) is 0 Å². The van der Waals surface area contributed by atoms with Crippen molar-refractivity contribution in [2.45, 2.75) is 57.0 Å². The van der Waals surface area contributed by atoms with Crippen LogP contribution in [0.15, 0.2) is 0 Å². The first-order valence-electron chi connectivity index (χ1n) is 7.21. The summed E-state index contributed by atoms with van der Waals surface area (Å²) in [5.74, 6) is 0.586. The van der Waals surface area contributed by atoms with E-state index >= 15 is 0 Å². The van der Waals surface area contributed by atoms with Gasteiger partial charge in [-0.25, -0.2) is 0 Å². The number of rotatable bonds is 4. The van der Waals surface area contributed by atoms with Gasteiger partial charge in [0.15, 0.2) is 0 Å². The van der Waals surface area contributed by atoms with Crippen LogP contribution in [-0.2, 0) is 9.59 Å². The van der Waals surface area contributed by atoms with Crippen molar-refractivity contribution >= 4 is 12.2 Å². The van der Waals surface area contributed by atoms with Gasteiger partial charge < -0.3 is 15.0 Å². The first-order valence-corrected chi connectivity index (χ1v) is 7.21. The van der Waals surface area contributed by atoms with E-state index in [4.69, 9.17) is 0 Å². The van der Waals surface area contributed by atoms with Crippen LogP contribution in [0.3, 0.4) is 0 Å². The molecule has 2 aliphatic rings. The minimum atomic E-state index is -0.183. The van der Waals surface area contributed by atoms with Gasteiger partial charge in [-0.1, -0.05) is 19.3 Å². The molecule has 18 heavy (non-hydrogen) atoms. The van der Waals surface area contributed by atoms with E-state index in [9.17, 15) is 9.59 Å². The molecule has 4 nitrogen and oxygen atoms in total. The molecule has 1 N–H and O–H groups in total. The molecule has 0 bridgehead atoms. The van der Waals surface area contributed by atoms with Crippen LogP contribution >= 0.6 is 0 Å². The van der Waals surface area contributed by atoms with E-state index in [1.54, 1.807) is 4.90 Å². The Balaban J connectivity index is 2.02. The summed E-state index contributed by atoms with van der Waals surface area (Å²) in [5, 5.41) is 3.19. The Labute approximate surface area is 109 Å². The molecule has 102 valence electrons. The zero-order valence-electron chi connectivity index (χ0n) is 11.2. The Morgan fingerprint density at radius 3 is 2.56 bits per heavy atom. The fourth-order valence-electron chi connectivity index (χ4n) is 3.41. The van der Waals surface area contributed by atoms with Crippen molar-refractivity contribution in [2.24, 2.45) is 5.92 Å². The average Bonchev–Trinajstić information content (AvgIpc) is 2.89. The van der Waals surface area contributed by atoms with Gasteiger partial charge in [0.2, 0.25) is 5.91 Å². The molecule has 1 aliphatic heterocycles. The molecule has 0 unspecified atom stereocenters. The van der Waals surface area contributed by atoms with Crippen LogP contribution in [0.2, 0.25) is 0 Å². The summed E-state index contributed by atoms with van der Waals surface area (Å²) in [4.78, 5) is 25.3. The third kappa shape index (κ3) is 2.74. The largest absolute Gasteiger partial charge is 0.332 e. The number of amides is 1. The molecule has 0 spiro atoms. The number of likely N-dealkylation sites (N-methyl/N-ethyl adjacent to an activating group) is 1. The molecule has 1 saturated heterocycles. The fraction of sp³-hybridized carbons (Fsp3) is 0.857. The maximum absolute atomic E-state index is 12.5. The van der Waals surface area contributed by atoms with Crippen molar-refractivity contribution in [3.8, 4) is 0 Å². The average molecular weight is 252 g/mol. The summed E-state index contributed by atoms with van der Waals surface area (Å²) in [7, 11) is 1.86. The van der Waals surface area contributed by atoms with E-state index in [0.29, 0.717) is 5.92 Å². The molecular formula is C14H24N2O2. The Morgan fingerprint density at radius 1 is 1.22 bits per heavy atom. The second-order valence-electron chi connectivity index (χ2n) is 5.54. The van der Waals surface area contributed by atoms with Gasteiger partial charge in [-0.3, -0.25) is 4.79 Å². The lowest BCUT2D eigenvalue weighted by molar-refractivity contribution is -0.138. The molecule has 1 amide bonds. The summed E-state index contributed by atoms with van der Waals surface area (Å²) in [6, 6.07) is -0.275. The van der Waals surface area contributed by atoms with Crippen LogP contribution in [0.1, 0.15) is 44.9 Å². The molecule has 2 fully saturated rings. The van der Waals surface area contributed by atoms with E-state index in [1.165, 1.54) is 19.3 Å². The van der Waals surface area contributed by atoms with Crippen LogP contribution in [0.5, 0.6) is 0 Å². The monoisotopic (exact) mass is 252 g/mol. The maximum atomic E-state index is 12.5. The van der Waals surface area contributed by atoms with E-state index in [0.717, 1.165) is 38.5 Å². The van der Waals surface area contributed by atoms with Crippen molar-refractivity contribution in [1.82, 2.24) is 10.2 Å². The van der Waals surface area contributed by atoms with Gasteiger partial charge in [0.1, 0.15) is 6.29 Å². The van der Waals surface area contributed by atoms with Crippen LogP contribution in [-0.4, -0.2) is 42.8 Å². The summed E-state index contributed by atoms with van der Waals surface area (Å²) in [5.41, 5.74) is 0. The zero-order chi connectivity index (χ0) is 13.0. The highest BCUT2D eigenvalue weighted by Crippen LogP contribution is 2.28. The Bertz CT molecular complexity index is 300. The topological polar surface area (TPSA) is 49.4 Å². The normalized spacial score (nSPS) is 27.2. The quantitative estimate of drug-likeness (QED) is 0.768. The van der Waals surface area contributed by atoms with Crippen molar-refractivity contribution in [3.05, 3.63) is 0 Å². The molecule has 2 atom stereocenters. The summed E-state index contributed by atoms with van der Waals surface area (Å²) < 4.78 is 0. The molecule has 0 aromatic carbocycles. The van der Waals surface area contributed by atoms with Crippen LogP contribution < -0.4 is 5.32 Å². The summed E-state index contributed by atoms with van der Waals surface area (Å²) >= 11 is 0. The Hall–Kier alpha value is -0.900. The Kier molecular flexibility index (Phi) is 4.75. The van der Waals surface area contributed by atoms with Crippen molar-refractivity contribution < 1.29 is 9.59 Å². The number of nitrogens with zero attached hydrogens (tertiary/aromatic N) is 1. The maximum Gasteiger partial charge on any atom is 0.240 e. The highest BCUT2D eigenvalue weighted by Gasteiger charge is 2.36. The highest BCUT2D eigenvalue weighted by molar-refractivity contribution is 5.85. The number of likely N-dealkylation sites (tertiary alicyclic amines) is 1. The number of carbonyl (C=O) groups excluding carboxylic acids is 2. The molecule has 0 aromatic heterocycles. The van der Waals surface area contributed by atoms with E-state index in [2.05, 4.69) is 5.32 Å². The molecule has 0 radical (unpaired) electrons. The van der Waals surface area contributed by atoms with E-state index in [-0.39, 0.29) is 18.0 Å². The lowest BCUT2D eigenvalue weighted by atomic mass is 9.83. The first kappa shape index (κ1) is 13.5. The predicted octanol–water partition coefficient (Wildman–Crippen LogP) is 1.34. The number of hydrogen-bond donors (Lipinski definition) is 1. The van der Waals surface area contributed by atoms with Gasteiger partial charge in [0.05, 0.1) is 12.1 Å². The molecule has 0 aromatic rings. The van der Waals surface area contributed by atoms with Gasteiger partial charge in [-0.15, -0.1) is 0 Å². The third-order valence-electron chi connectivity index (χ3n) is 4.44. The van der Waals surface area contributed by atoms with E-state index < -0.39 is 0 Å². The molecule has 1 aliphatic carbocycles. The second-order valence-corrected chi connectivity index (χ2v) is 5.54. The number of nitrogens with one attached hydrogen (secondary N) is 1. The molecule has 4 heteroatoms. The minimum absolute atomic E-state index is 0.0918. The van der Waals surface area contributed by atoms with Gasteiger partial charge in [0.25, 0.3) is 0 Å². The molecule has 2 rings (SSSR count). The second kappa shape index (κ2) is 6.32. The highest BCUT2D eigenvalue weighted by atomic mass is 16.2. The van der Waals surface area contributed by atoms with Gasteiger partial charge in [0, 0.05) is 6.54 Å². The van der Waals surface area contributed by atoms with Crippen LogP contribution in [0, 0.1) is 5.92 Å². The lowest BCUT2D eigenvalue weighted by Crippen LogP contribution is -2.51. The Morgan fingerprint density at radius 2 is 1.94 bits per heavy atom. The summed E-state index contributed by atoms with van der Waals surface area (Å²) in [6.07, 6.45) is 8.74. The van der Waals surface area contributed by atoms with E-state index in [1.807, 2.05) is 7.05 Å². The first-order chi connectivity index (χ1) is 8.77. The molecule has 1 saturated carbocycles. The molecule has 1 heterocycles. The van der Waals surface area contributed by atoms with Crippen molar-refractivity contribution in [2.75, 3.05) is 13.6 Å². The van der Waals surface area contributed by atoms with Gasteiger partial charge >= 0.3 is 0 Å². The summed E-state index contributed by atoms with van der Waals surface area (Å²) in [6.45, 7) is 0.743. The standard InChI is InChI=1S/C14H24N2O2/c1-15-13(11-6-3-2-4-7-11)14(18)16-9-5-8-12(16)10-17/h10-13,15H,2-9H2,1H3/t12-,13-/m0/s1. The van der Waals surface area contributed by atoms with Gasteiger partial charge in [-0.2, -0.15) is 0 Å². The fourth-order valence-corrected chi connectivity index (χ4v) is 3.41. The zero-order valence-corrected chi connectivity index (χ0v) is 11.2. The number of aldehydes is 1. The molecular weight excluding hydrogens is 228 g/mol. The smallest absolute Gasteiger partial charge is 0.240 e.